The van der Waals surface area contributed by atoms with Crippen LogP contribution < -0.4 is 10.1 Å². The van der Waals surface area contributed by atoms with Crippen LogP contribution in [0.3, 0.4) is 0 Å². The first-order chi connectivity index (χ1) is 11.8. The minimum Gasteiger partial charge on any atom is -0.494 e. The lowest BCUT2D eigenvalue weighted by molar-refractivity contribution is -0.123. The van der Waals surface area contributed by atoms with Crippen LogP contribution in [0.1, 0.15) is 17.3 Å². The van der Waals surface area contributed by atoms with E-state index in [1.54, 1.807) is 0 Å². The maximum atomic E-state index is 13.6. The van der Waals surface area contributed by atoms with Crippen LogP contribution >= 0.6 is 0 Å². The van der Waals surface area contributed by atoms with E-state index in [2.05, 4.69) is 5.32 Å². The van der Waals surface area contributed by atoms with Crippen LogP contribution in [0.2, 0.25) is 0 Å². The normalized spacial score (nSPS) is 11.6. The van der Waals surface area contributed by atoms with Crippen molar-refractivity contribution in [1.82, 2.24) is 0 Å². The topological polar surface area (TPSA) is 64.6 Å². The van der Waals surface area contributed by atoms with Crippen molar-refractivity contribution < 1.29 is 32.2 Å². The molecule has 0 unspecified atom stereocenters. The van der Waals surface area contributed by atoms with Crippen molar-refractivity contribution in [2.24, 2.45) is 0 Å². The van der Waals surface area contributed by atoms with Crippen LogP contribution in [0.4, 0.5) is 18.9 Å². The molecule has 132 valence electrons. The fourth-order valence-electron chi connectivity index (χ4n) is 1.89. The minimum absolute atomic E-state index is 0.00212. The second-order valence-electron chi connectivity index (χ2n) is 5.02. The highest BCUT2D eigenvalue weighted by Crippen LogP contribution is 2.19. The first kappa shape index (κ1) is 18.3. The van der Waals surface area contributed by atoms with E-state index in [0.717, 1.165) is 24.3 Å². The Morgan fingerprint density at radius 3 is 2.32 bits per heavy atom. The van der Waals surface area contributed by atoms with Crippen molar-refractivity contribution in [1.29, 1.82) is 0 Å². The van der Waals surface area contributed by atoms with E-state index in [-0.39, 0.29) is 17.0 Å². The smallest absolute Gasteiger partial charge is 0.339 e. The van der Waals surface area contributed by atoms with E-state index in [4.69, 9.17) is 9.47 Å². The lowest BCUT2D eigenvalue weighted by Gasteiger charge is -2.14. The summed E-state index contributed by atoms with van der Waals surface area (Å²) in [6.45, 7) is 1.28. The molecule has 0 saturated heterocycles. The Morgan fingerprint density at radius 1 is 1.00 bits per heavy atom. The number of nitrogens with one attached hydrogen (secondary N) is 1. The Morgan fingerprint density at radius 2 is 1.72 bits per heavy atom. The number of methoxy groups -OCH3 is 1. The van der Waals surface area contributed by atoms with E-state index in [1.807, 2.05) is 0 Å². The van der Waals surface area contributed by atoms with E-state index >= 15 is 0 Å². The molecule has 0 bridgehead atoms. The summed E-state index contributed by atoms with van der Waals surface area (Å²) in [5, 5.41) is 2.28. The van der Waals surface area contributed by atoms with Gasteiger partial charge in [0, 0.05) is 11.8 Å². The number of ether oxygens (including phenoxy) is 2. The number of carbonyl (C=O) groups excluding carboxylic acids is 2. The summed E-state index contributed by atoms with van der Waals surface area (Å²) in [5.41, 5.74) is -0.104. The third-order valence-corrected chi connectivity index (χ3v) is 3.23. The number of anilines is 1. The predicted octanol–water partition coefficient (Wildman–Crippen LogP) is 3.30. The van der Waals surface area contributed by atoms with Crippen molar-refractivity contribution in [3.8, 4) is 5.75 Å². The minimum atomic E-state index is -1.24. The van der Waals surface area contributed by atoms with Crippen LogP contribution in [0, 0.1) is 17.5 Å². The number of rotatable bonds is 5. The summed E-state index contributed by atoms with van der Waals surface area (Å²) in [6, 6.07) is 6.25. The molecule has 1 amide bonds. The Hall–Kier alpha value is -3.03. The Balaban J connectivity index is 2.01. The highest BCUT2D eigenvalue weighted by atomic mass is 19.2. The molecule has 1 N–H and O–H groups in total. The van der Waals surface area contributed by atoms with Gasteiger partial charge in [0.15, 0.2) is 29.3 Å². The molecular formula is C17H14F3NO4. The summed E-state index contributed by atoms with van der Waals surface area (Å²) in [5.74, 6) is -4.66. The largest absolute Gasteiger partial charge is 0.494 e. The van der Waals surface area contributed by atoms with Gasteiger partial charge in [-0.1, -0.05) is 0 Å². The highest BCUT2D eigenvalue weighted by Gasteiger charge is 2.20. The van der Waals surface area contributed by atoms with E-state index < -0.39 is 35.4 Å². The van der Waals surface area contributed by atoms with Crippen LogP contribution in [0.25, 0.3) is 0 Å². The van der Waals surface area contributed by atoms with Crippen LogP contribution in [-0.4, -0.2) is 25.1 Å². The van der Waals surface area contributed by atoms with Gasteiger partial charge >= 0.3 is 5.97 Å². The number of halogens is 3. The number of hydrogen-bond donors (Lipinski definition) is 1. The van der Waals surface area contributed by atoms with Crippen molar-refractivity contribution in [3.05, 3.63) is 59.4 Å². The van der Waals surface area contributed by atoms with Gasteiger partial charge in [-0.15, -0.1) is 0 Å². The quantitative estimate of drug-likeness (QED) is 0.838. The molecule has 0 aliphatic rings. The van der Waals surface area contributed by atoms with Crippen molar-refractivity contribution in [3.63, 3.8) is 0 Å². The average Bonchev–Trinajstić information content (AvgIpc) is 2.57. The van der Waals surface area contributed by atoms with Gasteiger partial charge in [0.05, 0.1) is 12.7 Å². The highest BCUT2D eigenvalue weighted by molar-refractivity contribution is 5.97. The van der Waals surface area contributed by atoms with Crippen LogP contribution in [0.5, 0.6) is 5.75 Å². The predicted molar refractivity (Wildman–Crippen MR) is 82.8 cm³/mol. The summed E-state index contributed by atoms with van der Waals surface area (Å²) in [6.07, 6.45) is -1.24. The zero-order chi connectivity index (χ0) is 18.6. The maximum Gasteiger partial charge on any atom is 0.339 e. The summed E-state index contributed by atoms with van der Waals surface area (Å²) in [4.78, 5) is 23.9. The van der Waals surface area contributed by atoms with Crippen LogP contribution in [-0.2, 0) is 9.53 Å². The second-order valence-corrected chi connectivity index (χ2v) is 5.02. The SMILES string of the molecule is COc1ccc(C(=O)O[C@@H](C)C(=O)Nc2ccc(F)c(F)c2)cc1F. The molecule has 0 radical (unpaired) electrons. The number of hydrogen-bond acceptors (Lipinski definition) is 4. The molecule has 2 aromatic carbocycles. The second kappa shape index (κ2) is 7.69. The molecule has 0 aliphatic carbocycles. The molecule has 2 aromatic rings. The first-order valence-electron chi connectivity index (χ1n) is 7.12. The molecule has 0 fully saturated rings. The molecule has 0 aliphatic heterocycles. The first-order valence-corrected chi connectivity index (χ1v) is 7.12. The molecule has 0 spiro atoms. The van der Waals surface area contributed by atoms with E-state index in [9.17, 15) is 22.8 Å². The van der Waals surface area contributed by atoms with Gasteiger partial charge in [-0.25, -0.2) is 18.0 Å². The van der Waals surface area contributed by atoms with Gasteiger partial charge in [0.25, 0.3) is 5.91 Å². The molecule has 8 heteroatoms. The lowest BCUT2D eigenvalue weighted by Crippen LogP contribution is -2.30. The molecular weight excluding hydrogens is 339 g/mol. The monoisotopic (exact) mass is 353 g/mol. The Bertz CT molecular complexity index is 810. The molecule has 25 heavy (non-hydrogen) atoms. The summed E-state index contributed by atoms with van der Waals surface area (Å²) in [7, 11) is 1.28. The van der Waals surface area contributed by atoms with Gasteiger partial charge in [-0.05, 0) is 37.3 Å². The lowest BCUT2D eigenvalue weighted by atomic mass is 10.2. The number of amides is 1. The molecule has 0 heterocycles. The summed E-state index contributed by atoms with van der Waals surface area (Å²) >= 11 is 0. The fraction of sp³-hybridized carbons (Fsp3) is 0.176. The molecule has 0 aromatic heterocycles. The zero-order valence-corrected chi connectivity index (χ0v) is 13.3. The number of benzene rings is 2. The standard InChI is InChI=1S/C17H14F3NO4/c1-9(16(22)21-11-4-5-12(18)13(19)8-11)25-17(23)10-3-6-15(24-2)14(20)7-10/h3-9H,1-2H3,(H,21,22)/t9-/m0/s1. The third-order valence-electron chi connectivity index (χ3n) is 3.23. The Kier molecular flexibility index (Phi) is 5.63. The molecule has 1 atom stereocenters. The third kappa shape index (κ3) is 4.50. The van der Waals surface area contributed by atoms with Crippen molar-refractivity contribution in [2.75, 3.05) is 12.4 Å². The van der Waals surface area contributed by atoms with Gasteiger partial charge in [-0.3, -0.25) is 4.79 Å². The van der Waals surface area contributed by atoms with Crippen molar-refractivity contribution in [2.45, 2.75) is 13.0 Å². The van der Waals surface area contributed by atoms with E-state index in [0.29, 0.717) is 0 Å². The van der Waals surface area contributed by atoms with Gasteiger partial charge in [0.2, 0.25) is 0 Å². The van der Waals surface area contributed by atoms with E-state index in [1.165, 1.54) is 26.2 Å². The van der Waals surface area contributed by atoms with Gasteiger partial charge in [0.1, 0.15) is 0 Å². The number of carbonyl (C=O) groups is 2. The average molecular weight is 353 g/mol. The zero-order valence-electron chi connectivity index (χ0n) is 13.3. The van der Waals surface area contributed by atoms with Crippen LogP contribution in [0.15, 0.2) is 36.4 Å². The maximum absolute atomic E-state index is 13.6. The van der Waals surface area contributed by atoms with Gasteiger partial charge in [-0.2, -0.15) is 0 Å². The molecule has 5 nitrogen and oxygen atoms in total. The van der Waals surface area contributed by atoms with Gasteiger partial charge < -0.3 is 14.8 Å². The summed E-state index contributed by atoms with van der Waals surface area (Å²) < 4.78 is 49.2. The number of esters is 1. The molecule has 2 rings (SSSR count). The van der Waals surface area contributed by atoms with Crippen molar-refractivity contribution >= 4 is 17.6 Å². The fourth-order valence-corrected chi connectivity index (χ4v) is 1.89. The molecule has 0 saturated carbocycles. The Labute approximate surface area is 141 Å².